The largest absolute Gasteiger partial charge is 0.423 e. The van der Waals surface area contributed by atoms with Gasteiger partial charge in [0.1, 0.15) is 5.58 Å². The second-order valence-electron chi connectivity index (χ2n) is 9.89. The summed E-state index contributed by atoms with van der Waals surface area (Å²) in [5, 5.41) is 0.640. The van der Waals surface area contributed by atoms with Crippen LogP contribution in [0.2, 0.25) is 0 Å². The highest BCUT2D eigenvalue weighted by Crippen LogP contribution is 2.39. The molecule has 1 aromatic heterocycles. The van der Waals surface area contributed by atoms with Crippen LogP contribution in [-0.2, 0) is 10.0 Å². The molecule has 0 saturated carbocycles. The zero-order valence-corrected chi connectivity index (χ0v) is 23.0. The molecule has 1 heterocycles. The average Bonchev–Trinajstić information content (AvgIpc) is 2.95. The van der Waals surface area contributed by atoms with E-state index in [1.54, 1.807) is 60.7 Å². The molecule has 0 spiro atoms. The van der Waals surface area contributed by atoms with Gasteiger partial charge in [-0.1, -0.05) is 90.5 Å². The van der Waals surface area contributed by atoms with Crippen molar-refractivity contribution in [1.82, 2.24) is 4.72 Å². The highest BCUT2D eigenvalue weighted by atomic mass is 32.2. The standard InChI is InChI=1S/C33H29NO5S/c1-22-16-18-25(19-17-22)40(37,38)34-33(26-13-7-6-10-23(26)2)29(20-30(35)24-11-4-3-5-12-24)28-21-32(36)39-31-15-9-8-14-27(28)31/h3-19,21,29,33-34H,20H2,1-2H3/t29-,33+/m1/s1. The summed E-state index contributed by atoms with van der Waals surface area (Å²) in [5.41, 5.74) is 3.33. The van der Waals surface area contributed by atoms with E-state index in [1.807, 2.05) is 56.3 Å². The summed E-state index contributed by atoms with van der Waals surface area (Å²) in [6.07, 6.45) is -0.0487. The van der Waals surface area contributed by atoms with Crippen molar-refractivity contribution in [1.29, 1.82) is 0 Å². The highest BCUT2D eigenvalue weighted by molar-refractivity contribution is 7.89. The first kappa shape index (κ1) is 27.2. The molecule has 6 nitrogen and oxygen atoms in total. The molecule has 4 aromatic carbocycles. The molecule has 2 atom stereocenters. The molecular weight excluding hydrogens is 522 g/mol. The summed E-state index contributed by atoms with van der Waals surface area (Å²) in [4.78, 5) is 26.5. The summed E-state index contributed by atoms with van der Waals surface area (Å²) in [6, 6.07) is 30.5. The van der Waals surface area contributed by atoms with Gasteiger partial charge in [0.15, 0.2) is 5.78 Å². The van der Waals surface area contributed by atoms with E-state index in [1.165, 1.54) is 6.07 Å². The molecule has 0 amide bonds. The maximum absolute atomic E-state index is 13.8. The first-order chi connectivity index (χ1) is 19.2. The van der Waals surface area contributed by atoms with Gasteiger partial charge in [0.25, 0.3) is 0 Å². The van der Waals surface area contributed by atoms with Gasteiger partial charge >= 0.3 is 5.63 Å². The Kier molecular flexibility index (Phi) is 7.78. The summed E-state index contributed by atoms with van der Waals surface area (Å²) in [7, 11) is -4.02. The number of hydrogen-bond donors (Lipinski definition) is 1. The fraction of sp³-hybridized carbons (Fsp3) is 0.152. The predicted octanol–water partition coefficient (Wildman–Crippen LogP) is 6.49. The fourth-order valence-electron chi connectivity index (χ4n) is 5.04. The number of carbonyl (C=O) groups excluding carboxylic acids is 1. The quantitative estimate of drug-likeness (QED) is 0.167. The summed E-state index contributed by atoms with van der Waals surface area (Å²) < 4.78 is 35.9. The van der Waals surface area contributed by atoms with Crippen LogP contribution < -0.4 is 10.3 Å². The Morgan fingerprint density at radius 1 is 0.800 bits per heavy atom. The molecule has 0 radical (unpaired) electrons. The first-order valence-corrected chi connectivity index (χ1v) is 14.5. The van der Waals surface area contributed by atoms with Crippen molar-refractivity contribution < 1.29 is 17.6 Å². The highest BCUT2D eigenvalue weighted by Gasteiger charge is 2.34. The van der Waals surface area contributed by atoms with Crippen LogP contribution in [0, 0.1) is 13.8 Å². The van der Waals surface area contributed by atoms with Crippen molar-refractivity contribution in [2.24, 2.45) is 0 Å². The Hall–Kier alpha value is -4.33. The third-order valence-electron chi connectivity index (χ3n) is 7.12. The van der Waals surface area contributed by atoms with E-state index in [0.717, 1.165) is 11.1 Å². The van der Waals surface area contributed by atoms with E-state index in [4.69, 9.17) is 4.42 Å². The lowest BCUT2D eigenvalue weighted by atomic mass is 9.81. The molecular formula is C33H29NO5S. The summed E-state index contributed by atoms with van der Waals surface area (Å²) in [5.74, 6) is -0.904. The minimum absolute atomic E-state index is 0.0487. The van der Waals surface area contributed by atoms with Crippen LogP contribution in [0.25, 0.3) is 11.0 Å². The minimum atomic E-state index is -4.02. The predicted molar refractivity (Wildman–Crippen MR) is 156 cm³/mol. The van der Waals surface area contributed by atoms with Crippen molar-refractivity contribution in [3.8, 4) is 0 Å². The van der Waals surface area contributed by atoms with Crippen molar-refractivity contribution in [2.45, 2.75) is 37.1 Å². The van der Waals surface area contributed by atoms with Crippen LogP contribution in [0.5, 0.6) is 0 Å². The number of carbonyl (C=O) groups is 1. The SMILES string of the molecule is Cc1ccc(S(=O)(=O)N[C@@H](c2ccccc2C)[C@H](CC(=O)c2ccccc2)c2cc(=O)oc3ccccc23)cc1. The number of Topliss-reactive ketones (excluding diaryl/α,β-unsaturated/α-hetero) is 1. The second kappa shape index (κ2) is 11.4. The number of para-hydroxylation sites is 1. The van der Waals surface area contributed by atoms with E-state index in [9.17, 15) is 18.0 Å². The third kappa shape index (κ3) is 5.81. The molecule has 7 heteroatoms. The van der Waals surface area contributed by atoms with E-state index >= 15 is 0 Å². The summed E-state index contributed by atoms with van der Waals surface area (Å²) >= 11 is 0. The van der Waals surface area contributed by atoms with Gasteiger partial charge in [-0.05, 0) is 48.7 Å². The lowest BCUT2D eigenvalue weighted by Gasteiger charge is -2.30. The topological polar surface area (TPSA) is 93.5 Å². The Morgan fingerprint density at radius 2 is 1.45 bits per heavy atom. The number of sulfonamides is 1. The molecule has 40 heavy (non-hydrogen) atoms. The first-order valence-electron chi connectivity index (χ1n) is 13.0. The number of rotatable bonds is 9. The van der Waals surface area contributed by atoms with Crippen molar-refractivity contribution in [2.75, 3.05) is 0 Å². The number of aryl methyl sites for hydroxylation is 2. The van der Waals surface area contributed by atoms with Gasteiger partial charge in [-0.2, -0.15) is 0 Å². The Balaban J connectivity index is 1.72. The van der Waals surface area contributed by atoms with Gasteiger partial charge in [0.05, 0.1) is 10.9 Å². The van der Waals surface area contributed by atoms with Crippen LogP contribution in [0.15, 0.2) is 123 Å². The van der Waals surface area contributed by atoms with Gasteiger partial charge in [-0.3, -0.25) is 4.79 Å². The molecule has 0 aliphatic rings. The van der Waals surface area contributed by atoms with Crippen LogP contribution in [-0.4, -0.2) is 14.2 Å². The van der Waals surface area contributed by atoms with Gasteiger partial charge < -0.3 is 4.42 Å². The molecule has 0 bridgehead atoms. The van der Waals surface area contributed by atoms with Crippen LogP contribution in [0.3, 0.4) is 0 Å². The van der Waals surface area contributed by atoms with Crippen LogP contribution in [0.1, 0.15) is 51.0 Å². The lowest BCUT2D eigenvalue weighted by Crippen LogP contribution is -2.34. The number of ketones is 1. The van der Waals surface area contributed by atoms with Gasteiger partial charge in [-0.15, -0.1) is 0 Å². The van der Waals surface area contributed by atoms with Crippen molar-refractivity contribution >= 4 is 26.8 Å². The second-order valence-corrected chi connectivity index (χ2v) is 11.6. The third-order valence-corrected chi connectivity index (χ3v) is 8.58. The molecule has 5 aromatic rings. The molecule has 1 N–H and O–H groups in total. The van der Waals surface area contributed by atoms with Crippen molar-refractivity contribution in [3.05, 3.63) is 147 Å². The number of fused-ring (bicyclic) bond motifs is 1. The van der Waals surface area contributed by atoms with E-state index in [2.05, 4.69) is 4.72 Å². The number of hydrogen-bond acceptors (Lipinski definition) is 5. The Bertz CT molecular complexity index is 1830. The smallest absolute Gasteiger partial charge is 0.336 e. The van der Waals surface area contributed by atoms with Crippen molar-refractivity contribution in [3.63, 3.8) is 0 Å². The normalized spacial score (nSPS) is 13.2. The van der Waals surface area contributed by atoms with Gasteiger partial charge in [-0.25, -0.2) is 17.9 Å². The van der Waals surface area contributed by atoms with E-state index < -0.39 is 27.6 Å². The number of benzene rings is 4. The van der Waals surface area contributed by atoms with Crippen LogP contribution >= 0.6 is 0 Å². The van der Waals surface area contributed by atoms with Crippen LogP contribution in [0.4, 0.5) is 0 Å². The summed E-state index contributed by atoms with van der Waals surface area (Å²) in [6.45, 7) is 3.79. The zero-order chi connectivity index (χ0) is 28.3. The Morgan fingerprint density at radius 3 is 2.17 bits per heavy atom. The van der Waals surface area contributed by atoms with Gasteiger partial charge in [0.2, 0.25) is 10.0 Å². The maximum Gasteiger partial charge on any atom is 0.336 e. The van der Waals surface area contributed by atoms with E-state index in [-0.39, 0.29) is 17.1 Å². The number of nitrogens with one attached hydrogen (secondary N) is 1. The molecule has 202 valence electrons. The lowest BCUT2D eigenvalue weighted by molar-refractivity contribution is 0.0968. The fourth-order valence-corrected chi connectivity index (χ4v) is 6.30. The molecule has 0 unspecified atom stereocenters. The molecule has 0 saturated heterocycles. The average molecular weight is 552 g/mol. The monoisotopic (exact) mass is 551 g/mol. The molecule has 0 fully saturated rings. The minimum Gasteiger partial charge on any atom is -0.423 e. The maximum atomic E-state index is 13.8. The molecule has 5 rings (SSSR count). The zero-order valence-electron chi connectivity index (χ0n) is 22.2. The molecule has 0 aliphatic carbocycles. The Labute approximate surface area is 233 Å². The van der Waals surface area contributed by atoms with Gasteiger partial charge in [0, 0.05) is 29.4 Å². The van der Waals surface area contributed by atoms with E-state index in [0.29, 0.717) is 27.7 Å². The molecule has 0 aliphatic heterocycles.